The van der Waals surface area contributed by atoms with Gasteiger partial charge in [0, 0.05) is 6.42 Å². The number of hydrogen-bond donors (Lipinski definition) is 3. The first kappa shape index (κ1) is 20.5. The molecule has 0 aliphatic carbocycles. The van der Waals surface area contributed by atoms with Crippen LogP contribution in [-0.4, -0.2) is 21.4 Å². The second-order valence-electron chi connectivity index (χ2n) is 5.96. The Morgan fingerprint density at radius 3 is 1.95 bits per heavy atom. The van der Waals surface area contributed by atoms with Crippen LogP contribution in [0, 0.1) is 0 Å². The van der Waals surface area contributed by atoms with Crippen LogP contribution in [-0.2, 0) is 0 Å². The average molecular weight is 308 g/mol. The molecule has 0 saturated carbocycles. The number of hydrogen-bond acceptors (Lipinski definition) is 3. The van der Waals surface area contributed by atoms with Crippen LogP contribution < -0.4 is 0 Å². The van der Waals surface area contributed by atoms with Crippen molar-refractivity contribution in [2.24, 2.45) is 0 Å². The molecule has 126 valence electrons. The average Bonchev–Trinajstić information content (AvgIpc) is 2.37. The fourth-order valence-corrected chi connectivity index (χ4v) is 2.14. The van der Waals surface area contributed by atoms with Gasteiger partial charge in [0.15, 0.2) is 0 Å². The van der Waals surface area contributed by atoms with E-state index in [0.717, 1.165) is 37.7 Å². The molecule has 3 N–H and O–H groups in total. The zero-order chi connectivity index (χ0) is 17.0. The van der Waals surface area contributed by atoms with Gasteiger partial charge < -0.3 is 15.3 Å². The Kier molecular flexibility index (Phi) is 11.3. The van der Waals surface area contributed by atoms with Crippen LogP contribution in [0.3, 0.4) is 0 Å². The van der Waals surface area contributed by atoms with Crippen molar-refractivity contribution in [1.29, 1.82) is 0 Å². The smallest absolute Gasteiger partial charge is 0.0886 e. The Balaban J connectivity index is 3.99. The highest BCUT2D eigenvalue weighted by atomic mass is 16.3. The van der Waals surface area contributed by atoms with Crippen molar-refractivity contribution >= 4 is 0 Å². The molecular weight excluding hydrogens is 276 g/mol. The minimum absolute atomic E-state index is 0.369. The molecule has 0 fully saturated rings. The third kappa shape index (κ3) is 13.5. The largest absolute Gasteiger partial charge is 0.513 e. The van der Waals surface area contributed by atoms with Gasteiger partial charge in [0.2, 0.25) is 0 Å². The fourth-order valence-electron chi connectivity index (χ4n) is 2.14. The van der Waals surface area contributed by atoms with Crippen molar-refractivity contribution < 1.29 is 15.3 Å². The van der Waals surface area contributed by atoms with E-state index in [2.05, 4.69) is 13.0 Å². The van der Waals surface area contributed by atoms with E-state index < -0.39 is 6.10 Å². The molecule has 0 aromatic carbocycles. The highest BCUT2D eigenvalue weighted by molar-refractivity contribution is 5.05. The van der Waals surface area contributed by atoms with E-state index in [0.29, 0.717) is 17.9 Å². The number of allylic oxidation sites excluding steroid dienone is 7. The van der Waals surface area contributed by atoms with Gasteiger partial charge >= 0.3 is 0 Å². The summed E-state index contributed by atoms with van der Waals surface area (Å²) in [5.41, 5.74) is 2.42. The maximum atomic E-state index is 9.83. The highest BCUT2D eigenvalue weighted by Gasteiger charge is 1.96. The van der Waals surface area contributed by atoms with Crippen LogP contribution in [0.5, 0.6) is 0 Å². The van der Waals surface area contributed by atoms with Crippen molar-refractivity contribution in [2.75, 3.05) is 0 Å². The van der Waals surface area contributed by atoms with Gasteiger partial charge in [-0.3, -0.25) is 0 Å². The molecule has 3 heteroatoms. The summed E-state index contributed by atoms with van der Waals surface area (Å²) in [6.45, 7) is 7.49. The Morgan fingerprint density at radius 1 is 0.818 bits per heavy atom. The SMILES string of the molecule is CC(O)=CCCC(C)=CCCC(O)=CCCC(C)=CC(C)O. The van der Waals surface area contributed by atoms with Gasteiger partial charge in [-0.25, -0.2) is 0 Å². The molecule has 0 aliphatic heterocycles. The second kappa shape index (κ2) is 12.1. The molecule has 0 amide bonds. The molecule has 0 aromatic heterocycles. The van der Waals surface area contributed by atoms with Crippen LogP contribution in [0.25, 0.3) is 0 Å². The maximum Gasteiger partial charge on any atom is 0.0886 e. The van der Waals surface area contributed by atoms with Gasteiger partial charge in [-0.1, -0.05) is 23.3 Å². The molecule has 1 unspecified atom stereocenters. The summed E-state index contributed by atoms with van der Waals surface area (Å²) in [7, 11) is 0. The van der Waals surface area contributed by atoms with Crippen LogP contribution in [0.2, 0.25) is 0 Å². The molecule has 0 aromatic rings. The van der Waals surface area contributed by atoms with Gasteiger partial charge in [-0.15, -0.1) is 0 Å². The third-order valence-electron chi connectivity index (χ3n) is 3.32. The summed E-state index contributed by atoms with van der Waals surface area (Å²) in [5.74, 6) is 0.799. The van der Waals surface area contributed by atoms with Gasteiger partial charge in [0.1, 0.15) is 0 Å². The topological polar surface area (TPSA) is 60.7 Å². The molecule has 22 heavy (non-hydrogen) atoms. The molecule has 0 bridgehead atoms. The Bertz CT molecular complexity index is 422. The predicted molar refractivity (Wildman–Crippen MR) is 94.0 cm³/mol. The number of aliphatic hydroxyl groups excluding tert-OH is 3. The molecule has 0 radical (unpaired) electrons. The number of rotatable bonds is 10. The van der Waals surface area contributed by atoms with E-state index in [1.54, 1.807) is 13.8 Å². The fraction of sp³-hybridized carbons (Fsp3) is 0.579. The van der Waals surface area contributed by atoms with Gasteiger partial charge in [0.05, 0.1) is 17.6 Å². The first-order chi connectivity index (χ1) is 10.3. The summed E-state index contributed by atoms with van der Waals surface area (Å²) in [4.78, 5) is 0. The Hall–Kier alpha value is -1.48. The maximum absolute atomic E-state index is 9.83. The summed E-state index contributed by atoms with van der Waals surface area (Å²) in [6, 6.07) is 0. The first-order valence-corrected chi connectivity index (χ1v) is 8.06. The molecule has 0 saturated heterocycles. The van der Waals surface area contributed by atoms with Crippen LogP contribution in [0.1, 0.15) is 66.2 Å². The zero-order valence-corrected chi connectivity index (χ0v) is 14.5. The predicted octanol–water partition coefficient (Wildman–Crippen LogP) is 5.50. The van der Waals surface area contributed by atoms with E-state index in [4.69, 9.17) is 5.11 Å². The second-order valence-corrected chi connectivity index (χ2v) is 5.96. The zero-order valence-electron chi connectivity index (χ0n) is 14.5. The lowest BCUT2D eigenvalue weighted by molar-refractivity contribution is 0.243. The van der Waals surface area contributed by atoms with Crippen molar-refractivity contribution in [1.82, 2.24) is 0 Å². The van der Waals surface area contributed by atoms with Gasteiger partial charge in [0.25, 0.3) is 0 Å². The van der Waals surface area contributed by atoms with Crippen molar-refractivity contribution in [2.45, 2.75) is 72.3 Å². The monoisotopic (exact) mass is 308 g/mol. The summed E-state index contributed by atoms with van der Waals surface area (Å²) in [6.07, 6.45) is 12.2. The van der Waals surface area contributed by atoms with Crippen molar-refractivity contribution in [3.63, 3.8) is 0 Å². The highest BCUT2D eigenvalue weighted by Crippen LogP contribution is 2.12. The quantitative estimate of drug-likeness (QED) is 0.368. The minimum atomic E-state index is -0.407. The minimum Gasteiger partial charge on any atom is -0.513 e. The summed E-state index contributed by atoms with van der Waals surface area (Å²) < 4.78 is 0. The van der Waals surface area contributed by atoms with E-state index in [-0.39, 0.29) is 0 Å². The molecule has 0 rings (SSSR count). The lowest BCUT2D eigenvalue weighted by atomic mass is 10.1. The molecular formula is C19H32O3. The molecule has 0 aliphatic rings. The van der Waals surface area contributed by atoms with Gasteiger partial charge in [-0.05, 0) is 72.0 Å². The molecule has 0 heterocycles. The van der Waals surface area contributed by atoms with E-state index >= 15 is 0 Å². The molecule has 1 atom stereocenters. The van der Waals surface area contributed by atoms with Crippen LogP contribution >= 0.6 is 0 Å². The van der Waals surface area contributed by atoms with Crippen LogP contribution in [0.15, 0.2) is 47.0 Å². The van der Waals surface area contributed by atoms with E-state index in [9.17, 15) is 10.2 Å². The Labute approximate surface area is 135 Å². The van der Waals surface area contributed by atoms with E-state index in [1.165, 1.54) is 5.57 Å². The van der Waals surface area contributed by atoms with E-state index in [1.807, 2.05) is 25.2 Å². The first-order valence-electron chi connectivity index (χ1n) is 8.06. The number of aliphatic hydroxyl groups is 3. The Morgan fingerprint density at radius 2 is 1.36 bits per heavy atom. The van der Waals surface area contributed by atoms with Gasteiger partial charge in [-0.2, -0.15) is 0 Å². The normalized spacial score (nSPS) is 16.0. The summed E-state index contributed by atoms with van der Waals surface area (Å²) >= 11 is 0. The lowest BCUT2D eigenvalue weighted by Gasteiger charge is -2.02. The standard InChI is InChI=1S/C19H32O3/c1-15(8-5-11-17(3)20)9-6-12-19(22)13-7-10-16(2)14-18(4)21/h9,11,13-14,18,20-22H,5-8,10,12H2,1-4H3. The molecule has 0 spiro atoms. The summed E-state index contributed by atoms with van der Waals surface area (Å²) in [5, 5.41) is 28.1. The molecule has 3 nitrogen and oxygen atoms in total. The third-order valence-corrected chi connectivity index (χ3v) is 3.32. The lowest BCUT2D eigenvalue weighted by Crippen LogP contribution is -1.94. The van der Waals surface area contributed by atoms with Crippen molar-refractivity contribution in [3.8, 4) is 0 Å². The van der Waals surface area contributed by atoms with Crippen molar-refractivity contribution in [3.05, 3.63) is 47.0 Å². The van der Waals surface area contributed by atoms with Crippen LogP contribution in [0.4, 0.5) is 0 Å².